The second-order valence-electron chi connectivity index (χ2n) is 6.98. The van der Waals surface area contributed by atoms with Crippen LogP contribution in [0.15, 0.2) is 51.6 Å². The lowest BCUT2D eigenvalue weighted by Crippen LogP contribution is -2.34. The minimum Gasteiger partial charge on any atom is -0.465 e. The number of methoxy groups -OCH3 is 1. The van der Waals surface area contributed by atoms with E-state index in [0.29, 0.717) is 49.2 Å². The average Bonchev–Trinajstić information content (AvgIpc) is 3.42. The van der Waals surface area contributed by atoms with Crippen LogP contribution >= 0.6 is 0 Å². The lowest BCUT2D eigenvalue weighted by atomic mass is 10.1. The van der Waals surface area contributed by atoms with Crippen LogP contribution < -0.4 is 0 Å². The van der Waals surface area contributed by atoms with Crippen LogP contribution in [-0.4, -0.2) is 65.1 Å². The first-order valence-corrected chi connectivity index (χ1v) is 9.70. The Bertz CT molecular complexity index is 997. The molecule has 0 aliphatic carbocycles. The topological polar surface area (TPSA) is 102 Å². The number of ether oxygens (including phenoxy) is 1. The molecule has 9 nitrogen and oxygen atoms in total. The third-order valence-electron chi connectivity index (χ3n) is 5.00. The van der Waals surface area contributed by atoms with Crippen LogP contribution in [-0.2, 0) is 11.3 Å². The van der Waals surface area contributed by atoms with Crippen molar-refractivity contribution in [3.63, 3.8) is 0 Å². The van der Waals surface area contributed by atoms with Gasteiger partial charge in [-0.1, -0.05) is 17.3 Å². The molecule has 0 N–H and O–H groups in total. The van der Waals surface area contributed by atoms with Crippen molar-refractivity contribution < 1.29 is 23.3 Å². The minimum absolute atomic E-state index is 0.0858. The van der Waals surface area contributed by atoms with Gasteiger partial charge >= 0.3 is 5.97 Å². The number of aromatic nitrogens is 2. The summed E-state index contributed by atoms with van der Waals surface area (Å²) >= 11 is 0. The molecule has 0 bridgehead atoms. The van der Waals surface area contributed by atoms with Crippen molar-refractivity contribution in [3.8, 4) is 11.4 Å². The summed E-state index contributed by atoms with van der Waals surface area (Å²) < 4.78 is 15.3. The molecule has 0 unspecified atom stereocenters. The Morgan fingerprint density at radius 2 is 1.93 bits per heavy atom. The highest BCUT2D eigenvalue weighted by Crippen LogP contribution is 2.18. The highest BCUT2D eigenvalue weighted by molar-refractivity contribution is 5.91. The zero-order valence-corrected chi connectivity index (χ0v) is 16.6. The molecule has 3 heterocycles. The van der Waals surface area contributed by atoms with E-state index >= 15 is 0 Å². The molecule has 1 aliphatic rings. The predicted octanol–water partition coefficient (Wildman–Crippen LogP) is 2.46. The molecule has 1 aromatic carbocycles. The van der Waals surface area contributed by atoms with E-state index in [4.69, 9.17) is 13.7 Å². The molecule has 2 aromatic heterocycles. The van der Waals surface area contributed by atoms with Crippen molar-refractivity contribution in [2.75, 3.05) is 33.3 Å². The van der Waals surface area contributed by atoms with Gasteiger partial charge in [0.15, 0.2) is 5.76 Å². The number of hydrogen-bond donors (Lipinski definition) is 0. The highest BCUT2D eigenvalue weighted by Gasteiger charge is 2.23. The second kappa shape index (κ2) is 8.91. The van der Waals surface area contributed by atoms with Crippen molar-refractivity contribution in [1.29, 1.82) is 0 Å². The van der Waals surface area contributed by atoms with E-state index in [0.717, 1.165) is 18.5 Å². The number of furan rings is 1. The van der Waals surface area contributed by atoms with Crippen LogP contribution in [0.25, 0.3) is 11.4 Å². The summed E-state index contributed by atoms with van der Waals surface area (Å²) in [5, 5.41) is 4.04. The number of hydrogen-bond acceptors (Lipinski definition) is 8. The second-order valence-corrected chi connectivity index (χ2v) is 6.98. The molecule has 30 heavy (non-hydrogen) atoms. The summed E-state index contributed by atoms with van der Waals surface area (Å²) in [6.45, 7) is 3.33. The predicted molar refractivity (Wildman–Crippen MR) is 106 cm³/mol. The molecular formula is C21H22N4O5. The van der Waals surface area contributed by atoms with Gasteiger partial charge < -0.3 is 18.6 Å². The lowest BCUT2D eigenvalue weighted by Gasteiger charge is -2.20. The average molecular weight is 410 g/mol. The van der Waals surface area contributed by atoms with Gasteiger partial charge in [-0.05, 0) is 30.7 Å². The normalized spacial score (nSPS) is 15.0. The van der Waals surface area contributed by atoms with Crippen LogP contribution in [0.4, 0.5) is 0 Å². The van der Waals surface area contributed by atoms with Crippen LogP contribution in [0, 0.1) is 0 Å². The van der Waals surface area contributed by atoms with Crippen LogP contribution in [0.2, 0.25) is 0 Å². The fraction of sp³-hybridized carbons (Fsp3) is 0.333. The summed E-state index contributed by atoms with van der Waals surface area (Å²) in [5.41, 5.74) is 1.21. The monoisotopic (exact) mass is 410 g/mol. The smallest absolute Gasteiger partial charge is 0.337 e. The summed E-state index contributed by atoms with van der Waals surface area (Å²) in [4.78, 5) is 32.5. The van der Waals surface area contributed by atoms with E-state index in [9.17, 15) is 9.59 Å². The van der Waals surface area contributed by atoms with Gasteiger partial charge in [0, 0.05) is 31.7 Å². The number of rotatable bonds is 5. The Labute approximate surface area is 173 Å². The molecule has 1 fully saturated rings. The first-order chi connectivity index (χ1) is 14.6. The van der Waals surface area contributed by atoms with Crippen molar-refractivity contribution in [2.45, 2.75) is 13.0 Å². The fourth-order valence-corrected chi connectivity index (χ4v) is 3.39. The van der Waals surface area contributed by atoms with Gasteiger partial charge in [0.05, 0.1) is 25.5 Å². The molecule has 3 aromatic rings. The third kappa shape index (κ3) is 4.41. The van der Waals surface area contributed by atoms with Crippen LogP contribution in [0.1, 0.15) is 33.2 Å². The zero-order chi connectivity index (χ0) is 20.9. The maximum absolute atomic E-state index is 12.5. The largest absolute Gasteiger partial charge is 0.465 e. The molecular weight excluding hydrogens is 388 g/mol. The van der Waals surface area contributed by atoms with Crippen LogP contribution in [0.5, 0.6) is 0 Å². The van der Waals surface area contributed by atoms with E-state index < -0.39 is 5.97 Å². The van der Waals surface area contributed by atoms with Gasteiger partial charge in [0.2, 0.25) is 11.7 Å². The Morgan fingerprint density at radius 3 is 2.67 bits per heavy atom. The molecule has 1 saturated heterocycles. The van der Waals surface area contributed by atoms with E-state index in [1.54, 1.807) is 41.3 Å². The standard InChI is InChI=1S/C21H22N4O5/c1-28-21(27)16-7-5-15(6-8-16)19-22-18(30-23-19)14-24-9-3-10-25(12-11-24)20(26)17-4-2-13-29-17/h2,4-8,13H,3,9-12,14H2,1H3. The number of esters is 1. The van der Waals surface area contributed by atoms with Gasteiger partial charge in [-0.15, -0.1) is 0 Å². The van der Waals surface area contributed by atoms with Crippen molar-refractivity contribution in [3.05, 3.63) is 59.9 Å². The SMILES string of the molecule is COC(=O)c1ccc(-c2noc(CN3CCCN(C(=O)c4ccco4)CC3)n2)cc1. The number of benzene rings is 1. The molecule has 0 radical (unpaired) electrons. The summed E-state index contributed by atoms with van der Waals surface area (Å²) in [5.74, 6) is 0.857. The quantitative estimate of drug-likeness (QED) is 0.591. The lowest BCUT2D eigenvalue weighted by molar-refractivity contribution is 0.0600. The maximum atomic E-state index is 12.5. The van der Waals surface area contributed by atoms with Crippen molar-refractivity contribution >= 4 is 11.9 Å². The number of nitrogens with zero attached hydrogens (tertiary/aromatic N) is 4. The highest BCUT2D eigenvalue weighted by atomic mass is 16.5. The number of amides is 1. The Balaban J connectivity index is 1.36. The number of carbonyl (C=O) groups is 2. The van der Waals surface area contributed by atoms with Gasteiger partial charge in [-0.3, -0.25) is 9.69 Å². The third-order valence-corrected chi connectivity index (χ3v) is 5.00. The van der Waals surface area contributed by atoms with E-state index in [1.807, 2.05) is 0 Å². The zero-order valence-electron chi connectivity index (χ0n) is 16.6. The maximum Gasteiger partial charge on any atom is 0.337 e. The minimum atomic E-state index is -0.393. The first kappa shape index (κ1) is 19.8. The van der Waals surface area contributed by atoms with Crippen molar-refractivity contribution in [1.82, 2.24) is 19.9 Å². The molecule has 0 spiro atoms. The Morgan fingerprint density at radius 1 is 1.10 bits per heavy atom. The molecule has 0 saturated carbocycles. The summed E-state index contributed by atoms with van der Waals surface area (Å²) in [6.07, 6.45) is 2.36. The van der Waals surface area contributed by atoms with Crippen molar-refractivity contribution in [2.24, 2.45) is 0 Å². The number of carbonyl (C=O) groups excluding carboxylic acids is 2. The van der Waals surface area contributed by atoms with Crippen LogP contribution in [0.3, 0.4) is 0 Å². The van der Waals surface area contributed by atoms with E-state index in [-0.39, 0.29) is 5.91 Å². The molecule has 1 amide bonds. The van der Waals surface area contributed by atoms with E-state index in [2.05, 4.69) is 15.0 Å². The molecule has 9 heteroatoms. The van der Waals surface area contributed by atoms with Gasteiger partial charge in [0.25, 0.3) is 5.91 Å². The Kier molecular flexibility index (Phi) is 5.89. The molecule has 156 valence electrons. The summed E-state index contributed by atoms with van der Waals surface area (Å²) in [7, 11) is 1.34. The summed E-state index contributed by atoms with van der Waals surface area (Å²) in [6, 6.07) is 10.2. The first-order valence-electron chi connectivity index (χ1n) is 9.70. The van der Waals surface area contributed by atoms with E-state index in [1.165, 1.54) is 13.4 Å². The molecule has 4 rings (SSSR count). The van der Waals surface area contributed by atoms with Gasteiger partial charge in [0.1, 0.15) is 0 Å². The fourth-order valence-electron chi connectivity index (χ4n) is 3.39. The van der Waals surface area contributed by atoms with Gasteiger partial charge in [-0.25, -0.2) is 4.79 Å². The van der Waals surface area contributed by atoms with Gasteiger partial charge in [-0.2, -0.15) is 4.98 Å². The molecule has 1 aliphatic heterocycles. The Hall–Kier alpha value is -3.46. The molecule has 0 atom stereocenters.